The molecule has 0 N–H and O–H groups in total. The molecule has 1 nitrogen and oxygen atoms in total. The molecular formula is C13H16OS. The minimum absolute atomic E-state index is 0.260. The van der Waals surface area contributed by atoms with E-state index < -0.39 is 0 Å². The minimum atomic E-state index is 0.260. The normalized spacial score (nSPS) is 14.7. The third-order valence-electron chi connectivity index (χ3n) is 2.95. The number of fused-ring (bicyclic) bond motifs is 1. The second kappa shape index (κ2) is 4.84. The molecule has 1 aliphatic rings. The van der Waals surface area contributed by atoms with Crippen molar-refractivity contribution in [1.29, 1.82) is 0 Å². The van der Waals surface area contributed by atoms with Gasteiger partial charge in [-0.1, -0.05) is 12.1 Å². The van der Waals surface area contributed by atoms with Crippen LogP contribution in [0.1, 0.15) is 34.3 Å². The van der Waals surface area contributed by atoms with E-state index in [9.17, 15) is 4.79 Å². The predicted molar refractivity (Wildman–Crippen MR) is 65.8 cm³/mol. The number of benzene rings is 1. The number of carbonyl (C=O) groups is 1. The quantitative estimate of drug-likeness (QED) is 0.728. The van der Waals surface area contributed by atoms with Gasteiger partial charge in [0.05, 0.1) is 5.75 Å². The molecule has 15 heavy (non-hydrogen) atoms. The lowest BCUT2D eigenvalue weighted by Gasteiger charge is -2.16. The van der Waals surface area contributed by atoms with Gasteiger partial charge in [-0.3, -0.25) is 4.79 Å². The molecule has 1 aromatic carbocycles. The molecule has 0 unspecified atom stereocenters. The Morgan fingerprint density at radius 2 is 2.00 bits per heavy atom. The lowest BCUT2D eigenvalue weighted by Crippen LogP contribution is -2.07. The highest BCUT2D eigenvalue weighted by molar-refractivity contribution is 7.99. The van der Waals surface area contributed by atoms with Crippen LogP contribution in [0.15, 0.2) is 18.2 Å². The number of carbonyl (C=O) groups excluding carboxylic acids is 1. The maximum absolute atomic E-state index is 11.7. The van der Waals surface area contributed by atoms with Gasteiger partial charge in [0.1, 0.15) is 0 Å². The molecule has 1 aromatic rings. The maximum Gasteiger partial charge on any atom is 0.172 e. The van der Waals surface area contributed by atoms with Crippen molar-refractivity contribution in [2.75, 3.05) is 12.0 Å². The smallest absolute Gasteiger partial charge is 0.172 e. The van der Waals surface area contributed by atoms with Crippen LogP contribution >= 0.6 is 11.8 Å². The molecule has 0 aromatic heterocycles. The summed E-state index contributed by atoms with van der Waals surface area (Å²) in [5, 5.41) is 0. The number of rotatable bonds is 3. The molecule has 2 rings (SSSR count). The van der Waals surface area contributed by atoms with Crippen molar-refractivity contribution < 1.29 is 4.79 Å². The van der Waals surface area contributed by atoms with Gasteiger partial charge in [-0.2, -0.15) is 11.8 Å². The second-order valence-corrected chi connectivity index (χ2v) is 4.91. The summed E-state index contributed by atoms with van der Waals surface area (Å²) in [4.78, 5) is 11.7. The Morgan fingerprint density at radius 3 is 2.73 bits per heavy atom. The Bertz CT molecular complexity index is 371. The van der Waals surface area contributed by atoms with Crippen LogP contribution in [0, 0.1) is 0 Å². The summed E-state index contributed by atoms with van der Waals surface area (Å²) in [7, 11) is 0. The molecule has 0 saturated heterocycles. The van der Waals surface area contributed by atoms with Crippen molar-refractivity contribution >= 4 is 17.5 Å². The fourth-order valence-corrected chi connectivity index (χ4v) is 2.55. The summed E-state index contributed by atoms with van der Waals surface area (Å²) in [5.74, 6) is 0.856. The zero-order valence-electron chi connectivity index (χ0n) is 9.08. The van der Waals surface area contributed by atoms with Gasteiger partial charge in [-0.25, -0.2) is 0 Å². The Labute approximate surface area is 95.3 Å². The lowest BCUT2D eigenvalue weighted by molar-refractivity contribution is 0.102. The highest BCUT2D eigenvalue weighted by atomic mass is 32.2. The van der Waals surface area contributed by atoms with Crippen molar-refractivity contribution in [1.82, 2.24) is 0 Å². The van der Waals surface area contributed by atoms with Crippen LogP contribution in [0.5, 0.6) is 0 Å². The molecule has 0 aliphatic heterocycles. The lowest BCUT2D eigenvalue weighted by atomic mass is 9.90. The van der Waals surface area contributed by atoms with Gasteiger partial charge >= 0.3 is 0 Å². The average Bonchev–Trinajstić information content (AvgIpc) is 2.29. The summed E-state index contributed by atoms with van der Waals surface area (Å²) >= 11 is 1.59. The van der Waals surface area contributed by atoms with E-state index in [1.807, 2.05) is 12.3 Å². The van der Waals surface area contributed by atoms with Crippen LogP contribution in [0.2, 0.25) is 0 Å². The Hall–Kier alpha value is -0.760. The van der Waals surface area contributed by atoms with Crippen LogP contribution in [-0.4, -0.2) is 17.8 Å². The maximum atomic E-state index is 11.7. The van der Waals surface area contributed by atoms with E-state index in [1.54, 1.807) is 11.8 Å². The van der Waals surface area contributed by atoms with Crippen molar-refractivity contribution in [3.8, 4) is 0 Å². The van der Waals surface area contributed by atoms with E-state index in [2.05, 4.69) is 12.1 Å². The van der Waals surface area contributed by atoms with Gasteiger partial charge < -0.3 is 0 Å². The first-order chi connectivity index (χ1) is 7.31. The Kier molecular flexibility index (Phi) is 3.47. The standard InChI is InChI=1S/C13H16OS/c1-15-9-13(14)12-7-6-10-4-2-3-5-11(10)8-12/h6-8H,2-5,9H2,1H3. The Morgan fingerprint density at radius 1 is 1.27 bits per heavy atom. The molecule has 80 valence electrons. The number of thioether (sulfide) groups is 1. The average molecular weight is 220 g/mol. The van der Waals surface area contributed by atoms with E-state index in [-0.39, 0.29) is 5.78 Å². The van der Waals surface area contributed by atoms with E-state index in [0.717, 1.165) is 12.0 Å². The van der Waals surface area contributed by atoms with E-state index in [1.165, 1.54) is 30.4 Å². The Balaban J connectivity index is 2.24. The van der Waals surface area contributed by atoms with Crippen LogP contribution in [-0.2, 0) is 12.8 Å². The third kappa shape index (κ3) is 2.43. The summed E-state index contributed by atoms with van der Waals surface area (Å²) in [6.45, 7) is 0. The van der Waals surface area contributed by atoms with Gasteiger partial charge in [0.15, 0.2) is 5.78 Å². The molecule has 0 heterocycles. The van der Waals surface area contributed by atoms with Crippen molar-refractivity contribution in [3.05, 3.63) is 34.9 Å². The van der Waals surface area contributed by atoms with Gasteiger partial charge in [0.25, 0.3) is 0 Å². The predicted octanol–water partition coefficient (Wildman–Crippen LogP) is 3.11. The number of hydrogen-bond donors (Lipinski definition) is 0. The van der Waals surface area contributed by atoms with Crippen molar-refractivity contribution in [3.63, 3.8) is 0 Å². The molecule has 0 atom stereocenters. The third-order valence-corrected chi connectivity index (χ3v) is 3.50. The van der Waals surface area contributed by atoms with Crippen LogP contribution in [0.4, 0.5) is 0 Å². The molecule has 0 radical (unpaired) electrons. The molecule has 0 spiro atoms. The molecule has 0 saturated carbocycles. The zero-order valence-corrected chi connectivity index (χ0v) is 9.90. The first kappa shape index (κ1) is 10.7. The first-order valence-corrected chi connectivity index (χ1v) is 6.84. The number of aryl methyl sites for hydroxylation is 2. The summed E-state index contributed by atoms with van der Waals surface area (Å²) in [5.41, 5.74) is 3.74. The van der Waals surface area contributed by atoms with Crippen LogP contribution < -0.4 is 0 Å². The molecule has 0 bridgehead atoms. The number of ketones is 1. The SMILES string of the molecule is CSCC(=O)c1ccc2c(c1)CCCC2. The van der Waals surface area contributed by atoms with Crippen molar-refractivity contribution in [2.45, 2.75) is 25.7 Å². The fourth-order valence-electron chi connectivity index (χ4n) is 2.12. The highest BCUT2D eigenvalue weighted by Crippen LogP contribution is 2.22. The minimum Gasteiger partial charge on any atom is -0.293 e. The van der Waals surface area contributed by atoms with Gasteiger partial charge in [-0.15, -0.1) is 0 Å². The topological polar surface area (TPSA) is 17.1 Å². The summed E-state index contributed by atoms with van der Waals surface area (Å²) in [6.07, 6.45) is 6.87. The second-order valence-electron chi connectivity index (χ2n) is 4.05. The van der Waals surface area contributed by atoms with Crippen molar-refractivity contribution in [2.24, 2.45) is 0 Å². The largest absolute Gasteiger partial charge is 0.293 e. The highest BCUT2D eigenvalue weighted by Gasteiger charge is 2.12. The molecule has 1 aliphatic carbocycles. The monoisotopic (exact) mass is 220 g/mol. The van der Waals surface area contributed by atoms with Crippen LogP contribution in [0.25, 0.3) is 0 Å². The van der Waals surface area contributed by atoms with Gasteiger partial charge in [0.2, 0.25) is 0 Å². The molecule has 0 fully saturated rings. The number of Topliss-reactive ketones (excluding diaryl/α,β-unsaturated/α-hetero) is 1. The van der Waals surface area contributed by atoms with Gasteiger partial charge in [-0.05, 0) is 49.1 Å². The molecular weight excluding hydrogens is 204 g/mol. The van der Waals surface area contributed by atoms with E-state index in [4.69, 9.17) is 0 Å². The molecule has 0 amide bonds. The van der Waals surface area contributed by atoms with E-state index in [0.29, 0.717) is 5.75 Å². The number of hydrogen-bond acceptors (Lipinski definition) is 2. The zero-order chi connectivity index (χ0) is 10.7. The summed E-state index contributed by atoms with van der Waals surface area (Å²) < 4.78 is 0. The molecule has 2 heteroatoms. The van der Waals surface area contributed by atoms with Crippen LogP contribution in [0.3, 0.4) is 0 Å². The first-order valence-electron chi connectivity index (χ1n) is 5.45. The van der Waals surface area contributed by atoms with E-state index >= 15 is 0 Å². The van der Waals surface area contributed by atoms with Gasteiger partial charge in [0, 0.05) is 5.56 Å². The summed E-state index contributed by atoms with van der Waals surface area (Å²) in [6, 6.07) is 6.23. The fraction of sp³-hybridized carbons (Fsp3) is 0.462.